The van der Waals surface area contributed by atoms with Crippen molar-refractivity contribution in [2.24, 2.45) is 0 Å². The van der Waals surface area contributed by atoms with Crippen molar-refractivity contribution in [3.63, 3.8) is 0 Å². The molecule has 1 aliphatic heterocycles. The lowest BCUT2D eigenvalue weighted by molar-refractivity contribution is -0.0586. The molecular formula is C21H33NO3. The Kier molecular flexibility index (Phi) is 5.25. The van der Waals surface area contributed by atoms with Crippen LogP contribution in [-0.2, 0) is 15.6 Å². The average Bonchev–Trinajstić information content (AvgIpc) is 2.43. The number of nitrogens with zero attached hydrogens (tertiary/aromatic N) is 1. The van der Waals surface area contributed by atoms with E-state index in [9.17, 15) is 9.90 Å². The first-order valence-electron chi connectivity index (χ1n) is 9.13. The fourth-order valence-electron chi connectivity index (χ4n) is 3.43. The van der Waals surface area contributed by atoms with Gasteiger partial charge in [-0.1, -0.05) is 41.5 Å². The van der Waals surface area contributed by atoms with E-state index in [1.54, 1.807) is 0 Å². The van der Waals surface area contributed by atoms with Gasteiger partial charge in [-0.05, 0) is 36.8 Å². The van der Waals surface area contributed by atoms with Crippen molar-refractivity contribution < 1.29 is 14.6 Å². The second kappa shape index (κ2) is 6.64. The van der Waals surface area contributed by atoms with Crippen molar-refractivity contribution >= 4 is 5.91 Å². The van der Waals surface area contributed by atoms with Crippen molar-refractivity contribution in [2.45, 2.75) is 78.4 Å². The summed E-state index contributed by atoms with van der Waals surface area (Å²) in [7, 11) is 0. The fourth-order valence-corrected chi connectivity index (χ4v) is 3.43. The molecule has 140 valence electrons. The van der Waals surface area contributed by atoms with Gasteiger partial charge in [-0.15, -0.1) is 0 Å². The lowest BCUT2D eigenvalue weighted by atomic mass is 9.78. The molecule has 0 radical (unpaired) electrons. The third-order valence-corrected chi connectivity index (χ3v) is 4.68. The molecule has 0 saturated carbocycles. The summed E-state index contributed by atoms with van der Waals surface area (Å²) in [5, 5.41) is 10.8. The number of hydrogen-bond acceptors (Lipinski definition) is 3. The maximum atomic E-state index is 13.1. The first-order valence-corrected chi connectivity index (χ1v) is 9.13. The summed E-state index contributed by atoms with van der Waals surface area (Å²) < 4.78 is 5.74. The van der Waals surface area contributed by atoms with Gasteiger partial charge in [0.1, 0.15) is 5.75 Å². The molecule has 4 heteroatoms. The van der Waals surface area contributed by atoms with Crippen LogP contribution in [0, 0.1) is 0 Å². The third-order valence-electron chi connectivity index (χ3n) is 4.68. The summed E-state index contributed by atoms with van der Waals surface area (Å²) in [6, 6.07) is 3.72. The van der Waals surface area contributed by atoms with Crippen LogP contribution < -0.4 is 0 Å². The minimum absolute atomic E-state index is 0.0120. The Bertz CT molecular complexity index is 607. The summed E-state index contributed by atoms with van der Waals surface area (Å²) in [4.78, 5) is 15.0. The highest BCUT2D eigenvalue weighted by Gasteiger charge is 2.31. The highest BCUT2D eigenvalue weighted by atomic mass is 16.5. The van der Waals surface area contributed by atoms with E-state index in [1.165, 1.54) is 0 Å². The van der Waals surface area contributed by atoms with Crippen LogP contribution >= 0.6 is 0 Å². The molecule has 4 nitrogen and oxygen atoms in total. The van der Waals surface area contributed by atoms with Gasteiger partial charge in [-0.2, -0.15) is 0 Å². The number of carbonyl (C=O) groups is 1. The van der Waals surface area contributed by atoms with E-state index in [-0.39, 0.29) is 28.9 Å². The molecule has 1 amide bonds. The van der Waals surface area contributed by atoms with E-state index >= 15 is 0 Å². The topological polar surface area (TPSA) is 49.8 Å². The highest BCUT2D eigenvalue weighted by Crippen LogP contribution is 2.40. The lowest BCUT2D eigenvalue weighted by Gasteiger charge is -2.36. The smallest absolute Gasteiger partial charge is 0.254 e. The zero-order valence-corrected chi connectivity index (χ0v) is 16.9. The first kappa shape index (κ1) is 19.8. The predicted molar refractivity (Wildman–Crippen MR) is 101 cm³/mol. The van der Waals surface area contributed by atoms with Crippen LogP contribution in [0.2, 0.25) is 0 Å². The molecule has 0 aliphatic carbocycles. The molecule has 2 rings (SSSR count). The number of morpholine rings is 1. The van der Waals surface area contributed by atoms with E-state index in [0.717, 1.165) is 11.1 Å². The van der Waals surface area contributed by atoms with Crippen molar-refractivity contribution in [3.8, 4) is 5.75 Å². The summed E-state index contributed by atoms with van der Waals surface area (Å²) in [6.45, 7) is 17.5. The molecule has 1 N–H and O–H groups in total. The van der Waals surface area contributed by atoms with Crippen LogP contribution in [0.25, 0.3) is 0 Å². The molecule has 0 spiro atoms. The molecule has 1 aliphatic rings. The van der Waals surface area contributed by atoms with Gasteiger partial charge in [-0.25, -0.2) is 0 Å². The number of amides is 1. The second-order valence-corrected chi connectivity index (χ2v) is 9.39. The van der Waals surface area contributed by atoms with Gasteiger partial charge in [0.25, 0.3) is 5.91 Å². The Labute approximate surface area is 152 Å². The van der Waals surface area contributed by atoms with Crippen molar-refractivity contribution in [2.75, 3.05) is 13.1 Å². The van der Waals surface area contributed by atoms with Crippen molar-refractivity contribution in [1.29, 1.82) is 0 Å². The van der Waals surface area contributed by atoms with Gasteiger partial charge in [0, 0.05) is 29.8 Å². The summed E-state index contributed by atoms with van der Waals surface area (Å²) >= 11 is 0. The molecule has 1 fully saturated rings. The molecular weight excluding hydrogens is 314 g/mol. The van der Waals surface area contributed by atoms with Crippen LogP contribution in [-0.4, -0.2) is 41.2 Å². The van der Waals surface area contributed by atoms with Gasteiger partial charge in [0.05, 0.1) is 12.2 Å². The monoisotopic (exact) mass is 347 g/mol. The number of phenolic OH excluding ortho intramolecular Hbond substituents is 1. The van der Waals surface area contributed by atoms with Gasteiger partial charge in [0.2, 0.25) is 0 Å². The van der Waals surface area contributed by atoms with Gasteiger partial charge in [-0.3, -0.25) is 4.79 Å². The molecule has 0 unspecified atom stereocenters. The molecule has 1 saturated heterocycles. The van der Waals surface area contributed by atoms with Crippen LogP contribution in [0.4, 0.5) is 0 Å². The molecule has 1 heterocycles. The van der Waals surface area contributed by atoms with Crippen LogP contribution in [0.5, 0.6) is 5.75 Å². The third kappa shape index (κ3) is 4.35. The Hall–Kier alpha value is -1.55. The summed E-state index contributed by atoms with van der Waals surface area (Å²) in [5.41, 5.74) is 1.79. The maximum absolute atomic E-state index is 13.1. The Morgan fingerprint density at radius 3 is 1.76 bits per heavy atom. The zero-order chi connectivity index (χ0) is 19.2. The van der Waals surface area contributed by atoms with Gasteiger partial charge < -0.3 is 14.7 Å². The second-order valence-electron chi connectivity index (χ2n) is 9.39. The Morgan fingerprint density at radius 2 is 1.40 bits per heavy atom. The highest BCUT2D eigenvalue weighted by molar-refractivity contribution is 5.95. The van der Waals surface area contributed by atoms with E-state index in [2.05, 4.69) is 41.5 Å². The molecule has 1 aromatic carbocycles. The van der Waals surface area contributed by atoms with E-state index in [0.29, 0.717) is 24.4 Å². The minimum atomic E-state index is -0.244. The zero-order valence-electron chi connectivity index (χ0n) is 16.9. The summed E-state index contributed by atoms with van der Waals surface area (Å²) in [6.07, 6.45) is 0.0722. The van der Waals surface area contributed by atoms with E-state index < -0.39 is 0 Å². The van der Waals surface area contributed by atoms with Crippen LogP contribution in [0.1, 0.15) is 76.9 Å². The van der Waals surface area contributed by atoms with Crippen molar-refractivity contribution in [3.05, 3.63) is 28.8 Å². The molecule has 25 heavy (non-hydrogen) atoms. The number of rotatable bonds is 1. The van der Waals surface area contributed by atoms with E-state index in [4.69, 9.17) is 4.74 Å². The fraction of sp³-hybridized carbons (Fsp3) is 0.667. The average molecular weight is 347 g/mol. The largest absolute Gasteiger partial charge is 0.507 e. The normalized spacial score (nSPS) is 22.2. The van der Waals surface area contributed by atoms with Crippen LogP contribution in [0.15, 0.2) is 12.1 Å². The van der Waals surface area contributed by atoms with E-state index in [1.807, 2.05) is 30.9 Å². The minimum Gasteiger partial charge on any atom is -0.507 e. The molecule has 0 bridgehead atoms. The van der Waals surface area contributed by atoms with Gasteiger partial charge >= 0.3 is 0 Å². The lowest BCUT2D eigenvalue weighted by Crippen LogP contribution is -2.48. The Balaban J connectivity index is 2.52. The SMILES string of the molecule is C[C@H]1CN(C(=O)c2cc(C(C)(C)C)c(O)c(C(C)(C)C)c2)C[C@H](C)O1. The Morgan fingerprint density at radius 1 is 1.00 bits per heavy atom. The molecule has 0 aromatic heterocycles. The molecule has 2 atom stereocenters. The number of phenols is 1. The number of hydrogen-bond donors (Lipinski definition) is 1. The number of ether oxygens (including phenoxy) is 1. The standard InChI is InChI=1S/C21H33NO3/c1-13-11-22(12-14(2)25-13)19(24)15-9-16(20(3,4)5)18(23)17(10-15)21(6,7)8/h9-10,13-14,23H,11-12H2,1-8H3/t13-,14-/m0/s1. The predicted octanol–water partition coefficient (Wildman–Crippen LogP) is 4.24. The number of carbonyl (C=O) groups excluding carboxylic acids is 1. The summed E-state index contributed by atoms with van der Waals surface area (Å²) in [5.74, 6) is 0.318. The first-order chi connectivity index (χ1) is 11.3. The number of aromatic hydroxyl groups is 1. The molecule has 1 aromatic rings. The maximum Gasteiger partial charge on any atom is 0.254 e. The quantitative estimate of drug-likeness (QED) is 0.827. The van der Waals surface area contributed by atoms with Crippen molar-refractivity contribution in [1.82, 2.24) is 4.90 Å². The number of benzene rings is 1. The van der Waals surface area contributed by atoms with Gasteiger partial charge in [0.15, 0.2) is 0 Å². The van der Waals surface area contributed by atoms with Crippen LogP contribution in [0.3, 0.4) is 0 Å².